The van der Waals surface area contributed by atoms with E-state index in [0.717, 1.165) is 17.4 Å². The Labute approximate surface area is 133 Å². The van der Waals surface area contributed by atoms with Gasteiger partial charge in [0.05, 0.1) is 16.0 Å². The van der Waals surface area contributed by atoms with Gasteiger partial charge in [-0.2, -0.15) is 0 Å². The van der Waals surface area contributed by atoms with Gasteiger partial charge in [-0.15, -0.1) is 11.3 Å². The maximum Gasteiger partial charge on any atom is 0.345 e. The van der Waals surface area contributed by atoms with Crippen LogP contribution in [0.1, 0.15) is 27.0 Å². The van der Waals surface area contributed by atoms with E-state index >= 15 is 0 Å². The van der Waals surface area contributed by atoms with E-state index in [-0.39, 0.29) is 26.0 Å². The van der Waals surface area contributed by atoms with Gasteiger partial charge in [0.1, 0.15) is 15.5 Å². The number of hydrogen-bond acceptors (Lipinski definition) is 6. The smallest absolute Gasteiger partial charge is 0.345 e. The van der Waals surface area contributed by atoms with Crippen LogP contribution < -0.4 is 4.72 Å². The molecule has 0 spiro atoms. The largest absolute Gasteiger partial charge is 0.477 e. The van der Waals surface area contributed by atoms with Crippen molar-refractivity contribution >= 4 is 43.3 Å². The lowest BCUT2D eigenvalue weighted by molar-refractivity contribution is 0.0702. The maximum absolute atomic E-state index is 12.2. The highest BCUT2D eigenvalue weighted by Gasteiger charge is 2.23. The molecule has 2 aromatic rings. The van der Waals surface area contributed by atoms with E-state index in [1.165, 1.54) is 0 Å². The molecule has 0 aromatic carbocycles. The molecule has 0 aliphatic heterocycles. The van der Waals surface area contributed by atoms with Gasteiger partial charge in [0.25, 0.3) is 0 Å². The maximum atomic E-state index is 12.2. The molecule has 7 nitrogen and oxygen atoms in total. The monoisotopic (exact) mass is 394 g/mol. The molecular formula is C11H11BrN2O5S2. The fourth-order valence-corrected chi connectivity index (χ4v) is 4.87. The van der Waals surface area contributed by atoms with Crippen molar-refractivity contribution in [3.05, 3.63) is 32.1 Å². The quantitative estimate of drug-likeness (QED) is 0.804. The number of hydrogen-bond donors (Lipinski definition) is 2. The molecule has 21 heavy (non-hydrogen) atoms. The molecule has 0 bridgehead atoms. The zero-order chi connectivity index (χ0) is 15.8. The first-order valence-electron chi connectivity index (χ1n) is 5.66. The molecule has 0 fully saturated rings. The Morgan fingerprint density at radius 1 is 1.52 bits per heavy atom. The van der Waals surface area contributed by atoms with Crippen LogP contribution in [-0.2, 0) is 16.6 Å². The van der Waals surface area contributed by atoms with E-state index in [1.807, 2.05) is 0 Å². The number of carboxylic acids is 1. The second-order valence-electron chi connectivity index (χ2n) is 4.13. The lowest BCUT2D eigenvalue weighted by Crippen LogP contribution is -2.23. The van der Waals surface area contributed by atoms with Crippen LogP contribution in [0.5, 0.6) is 0 Å². The van der Waals surface area contributed by atoms with Gasteiger partial charge >= 0.3 is 5.97 Å². The number of thiophene rings is 1. The lowest BCUT2D eigenvalue weighted by atomic mass is 10.4. The molecule has 2 N–H and O–H groups in total. The molecular weight excluding hydrogens is 384 g/mol. The molecule has 114 valence electrons. The number of aryl methyl sites for hydroxylation is 2. The summed E-state index contributed by atoms with van der Waals surface area (Å²) in [5.74, 6) is -0.312. The van der Waals surface area contributed by atoms with Crippen molar-refractivity contribution in [1.82, 2.24) is 9.71 Å². The molecule has 0 unspecified atom stereocenters. The molecule has 2 aromatic heterocycles. The van der Waals surface area contributed by atoms with Crippen molar-refractivity contribution < 1.29 is 22.7 Å². The highest BCUT2D eigenvalue weighted by Crippen LogP contribution is 2.31. The average Bonchev–Trinajstić information content (AvgIpc) is 2.92. The van der Waals surface area contributed by atoms with E-state index in [9.17, 15) is 13.2 Å². The van der Waals surface area contributed by atoms with Gasteiger partial charge in [-0.1, -0.05) is 0 Å². The molecule has 0 aliphatic rings. The summed E-state index contributed by atoms with van der Waals surface area (Å²) in [6.07, 6.45) is 0. The van der Waals surface area contributed by atoms with Gasteiger partial charge in [0.15, 0.2) is 0 Å². The van der Waals surface area contributed by atoms with Crippen molar-refractivity contribution in [3.63, 3.8) is 0 Å². The van der Waals surface area contributed by atoms with E-state index in [0.29, 0.717) is 11.5 Å². The van der Waals surface area contributed by atoms with Crippen LogP contribution in [0.15, 0.2) is 19.2 Å². The summed E-state index contributed by atoms with van der Waals surface area (Å²) in [6.45, 7) is 3.38. The van der Waals surface area contributed by atoms with Crippen LogP contribution in [0.25, 0.3) is 0 Å². The molecule has 0 saturated carbocycles. The molecule has 2 rings (SSSR count). The van der Waals surface area contributed by atoms with Crippen molar-refractivity contribution in [1.29, 1.82) is 0 Å². The number of oxazole rings is 1. The van der Waals surface area contributed by atoms with E-state index in [2.05, 4.69) is 25.6 Å². The number of rotatable bonds is 5. The van der Waals surface area contributed by atoms with Crippen molar-refractivity contribution in [3.8, 4) is 0 Å². The third kappa shape index (κ3) is 3.51. The van der Waals surface area contributed by atoms with Crippen LogP contribution in [-0.4, -0.2) is 24.5 Å². The summed E-state index contributed by atoms with van der Waals surface area (Å²) in [7, 11) is -3.86. The molecule has 10 heteroatoms. The van der Waals surface area contributed by atoms with Crippen molar-refractivity contribution in [2.45, 2.75) is 25.3 Å². The van der Waals surface area contributed by atoms with Crippen LogP contribution in [0.4, 0.5) is 0 Å². The van der Waals surface area contributed by atoms with E-state index in [1.54, 1.807) is 13.8 Å². The van der Waals surface area contributed by atoms with Gasteiger partial charge in [0, 0.05) is 0 Å². The predicted octanol–water partition coefficient (Wildman–Crippen LogP) is 2.29. The Bertz CT molecular complexity index is 774. The third-order valence-corrected chi connectivity index (χ3v) is 6.28. The van der Waals surface area contributed by atoms with Gasteiger partial charge in [0.2, 0.25) is 15.9 Å². The average molecular weight is 395 g/mol. The summed E-state index contributed by atoms with van der Waals surface area (Å²) in [5.41, 5.74) is 0.689. The van der Waals surface area contributed by atoms with Crippen LogP contribution in [0.2, 0.25) is 0 Å². The molecule has 0 amide bonds. The Morgan fingerprint density at radius 2 is 2.19 bits per heavy atom. The second kappa shape index (κ2) is 5.87. The number of carbonyl (C=O) groups is 1. The number of nitrogens with zero attached hydrogens (tertiary/aromatic N) is 1. The minimum Gasteiger partial charge on any atom is -0.477 e. The second-order valence-corrected chi connectivity index (χ2v) is 8.23. The summed E-state index contributed by atoms with van der Waals surface area (Å²) in [6, 6.07) is 1.10. The third-order valence-electron chi connectivity index (χ3n) is 2.64. The van der Waals surface area contributed by atoms with Gasteiger partial charge in [-0.25, -0.2) is 22.9 Å². The Kier molecular flexibility index (Phi) is 4.51. The Morgan fingerprint density at radius 3 is 2.67 bits per heavy atom. The highest BCUT2D eigenvalue weighted by molar-refractivity contribution is 9.11. The Balaban J connectivity index is 2.20. The summed E-state index contributed by atoms with van der Waals surface area (Å²) < 4.78 is 32.1. The number of halogens is 1. The molecule has 0 atom stereocenters. The standard InChI is InChI=1S/C11H11BrN2O5S2/c1-5-6(2)19-9(14-5)4-13-21(17,18)8-3-7(11(15)16)20-10(8)12/h3,13H,4H2,1-2H3,(H,15,16). The number of sulfonamides is 1. The minimum atomic E-state index is -3.86. The van der Waals surface area contributed by atoms with E-state index in [4.69, 9.17) is 9.52 Å². The first-order valence-corrected chi connectivity index (χ1v) is 8.75. The Hall–Kier alpha value is -1.23. The molecule has 2 heterocycles. The van der Waals surface area contributed by atoms with Crippen LogP contribution in [0, 0.1) is 13.8 Å². The van der Waals surface area contributed by atoms with Crippen molar-refractivity contribution in [2.24, 2.45) is 0 Å². The summed E-state index contributed by atoms with van der Waals surface area (Å²) >= 11 is 3.90. The lowest BCUT2D eigenvalue weighted by Gasteiger charge is -2.03. The first kappa shape index (κ1) is 16.1. The van der Waals surface area contributed by atoms with E-state index < -0.39 is 16.0 Å². The summed E-state index contributed by atoms with van der Waals surface area (Å²) in [5, 5.41) is 8.88. The minimum absolute atomic E-state index is 0.0648. The first-order chi connectivity index (χ1) is 9.70. The summed E-state index contributed by atoms with van der Waals surface area (Å²) in [4.78, 5) is 14.7. The molecule has 0 saturated heterocycles. The zero-order valence-electron chi connectivity index (χ0n) is 11.0. The zero-order valence-corrected chi connectivity index (χ0v) is 14.2. The number of carboxylic acid groups (broad SMARTS) is 1. The van der Waals surface area contributed by atoms with Gasteiger partial charge < -0.3 is 9.52 Å². The normalized spacial score (nSPS) is 11.8. The fourth-order valence-electron chi connectivity index (χ4n) is 1.49. The van der Waals surface area contributed by atoms with Crippen LogP contribution in [0.3, 0.4) is 0 Å². The predicted molar refractivity (Wildman–Crippen MR) is 79.0 cm³/mol. The van der Waals surface area contributed by atoms with Gasteiger partial charge in [-0.05, 0) is 35.8 Å². The number of nitrogens with one attached hydrogen (secondary N) is 1. The number of aromatic nitrogens is 1. The number of aromatic carboxylic acids is 1. The topological polar surface area (TPSA) is 110 Å². The van der Waals surface area contributed by atoms with Gasteiger partial charge in [-0.3, -0.25) is 0 Å². The van der Waals surface area contributed by atoms with Crippen molar-refractivity contribution in [2.75, 3.05) is 0 Å². The van der Waals surface area contributed by atoms with Crippen LogP contribution >= 0.6 is 27.3 Å². The molecule has 0 aliphatic carbocycles. The molecule has 0 radical (unpaired) electrons. The fraction of sp³-hybridized carbons (Fsp3) is 0.273. The SMILES string of the molecule is Cc1nc(CNS(=O)(=O)c2cc(C(=O)O)sc2Br)oc1C. The highest BCUT2D eigenvalue weighted by atomic mass is 79.9.